The van der Waals surface area contributed by atoms with Gasteiger partial charge in [0.15, 0.2) is 0 Å². The highest BCUT2D eigenvalue weighted by molar-refractivity contribution is 5.75. The van der Waals surface area contributed by atoms with Crippen LogP contribution in [0, 0.1) is 5.41 Å². The van der Waals surface area contributed by atoms with Crippen LogP contribution in [0.5, 0.6) is 0 Å². The van der Waals surface area contributed by atoms with Crippen molar-refractivity contribution in [2.24, 2.45) is 5.41 Å². The van der Waals surface area contributed by atoms with Crippen LogP contribution in [0.4, 0.5) is 5.82 Å². The largest absolute Gasteiger partial charge is 0.382 e. The third-order valence-electron chi connectivity index (χ3n) is 1.78. The van der Waals surface area contributed by atoms with Crippen molar-refractivity contribution in [3.05, 3.63) is 12.3 Å². The molecule has 0 saturated heterocycles. The summed E-state index contributed by atoms with van der Waals surface area (Å²) in [6.07, 6.45) is 1.69. The Morgan fingerprint density at radius 2 is 2.27 bits per heavy atom. The van der Waals surface area contributed by atoms with E-state index >= 15 is 0 Å². The zero-order valence-electron chi connectivity index (χ0n) is 9.45. The summed E-state index contributed by atoms with van der Waals surface area (Å²) in [6, 6.07) is 1.66. The van der Waals surface area contributed by atoms with Gasteiger partial charge in [0.2, 0.25) is 5.91 Å². The van der Waals surface area contributed by atoms with E-state index in [2.05, 4.69) is 31.2 Å². The number of aromatic nitrogens is 2. The summed E-state index contributed by atoms with van der Waals surface area (Å²) in [6.45, 7) is 7.08. The number of nitrogens with one attached hydrogen (secondary N) is 1. The standard InChI is InChI=1S/C10H18N4O/c1-10(2,3)7-12-9(15)6-14-5-4-8(11)13-14/h4-5H,6-7H2,1-3H3,(H2,11,13)(H,12,15). The molecule has 0 spiro atoms. The van der Waals surface area contributed by atoms with Crippen LogP contribution >= 0.6 is 0 Å². The predicted molar refractivity (Wildman–Crippen MR) is 59.1 cm³/mol. The SMILES string of the molecule is CC(C)(C)CNC(=O)Cn1ccc(N)n1. The second kappa shape index (κ2) is 4.33. The van der Waals surface area contributed by atoms with Crippen molar-refractivity contribution >= 4 is 11.7 Å². The van der Waals surface area contributed by atoms with Gasteiger partial charge in [-0.25, -0.2) is 0 Å². The Hall–Kier alpha value is -1.52. The lowest BCUT2D eigenvalue weighted by atomic mass is 9.97. The minimum Gasteiger partial charge on any atom is -0.382 e. The van der Waals surface area contributed by atoms with Crippen molar-refractivity contribution in [2.75, 3.05) is 12.3 Å². The molecule has 0 unspecified atom stereocenters. The summed E-state index contributed by atoms with van der Waals surface area (Å²) in [5, 5.41) is 6.77. The maximum atomic E-state index is 11.5. The van der Waals surface area contributed by atoms with Gasteiger partial charge in [0.05, 0.1) is 0 Å². The Balaban J connectivity index is 2.37. The zero-order chi connectivity index (χ0) is 11.5. The number of hydrogen-bond acceptors (Lipinski definition) is 3. The summed E-state index contributed by atoms with van der Waals surface area (Å²) in [5.74, 6) is 0.381. The molecule has 0 radical (unpaired) electrons. The lowest BCUT2D eigenvalue weighted by Crippen LogP contribution is -2.34. The topological polar surface area (TPSA) is 72.9 Å². The van der Waals surface area contributed by atoms with Crippen molar-refractivity contribution in [1.29, 1.82) is 0 Å². The first-order valence-corrected chi connectivity index (χ1v) is 4.92. The number of carbonyl (C=O) groups is 1. The minimum absolute atomic E-state index is 0.0481. The number of anilines is 1. The fourth-order valence-electron chi connectivity index (χ4n) is 1.03. The Kier molecular flexibility index (Phi) is 3.34. The van der Waals surface area contributed by atoms with Gasteiger partial charge in [-0.05, 0) is 11.5 Å². The molecule has 1 aromatic rings. The number of nitrogen functional groups attached to an aromatic ring is 1. The van der Waals surface area contributed by atoms with Crippen molar-refractivity contribution in [3.63, 3.8) is 0 Å². The number of carbonyl (C=O) groups excluding carboxylic acids is 1. The van der Waals surface area contributed by atoms with Gasteiger partial charge in [-0.2, -0.15) is 5.10 Å². The van der Waals surface area contributed by atoms with Gasteiger partial charge >= 0.3 is 0 Å². The molecule has 0 bridgehead atoms. The van der Waals surface area contributed by atoms with Crippen molar-refractivity contribution in [2.45, 2.75) is 27.3 Å². The minimum atomic E-state index is -0.0481. The highest BCUT2D eigenvalue weighted by atomic mass is 16.2. The molecule has 1 aromatic heterocycles. The van der Waals surface area contributed by atoms with Crippen LogP contribution < -0.4 is 11.1 Å². The molecule has 3 N–H and O–H groups in total. The molecule has 0 aliphatic heterocycles. The van der Waals surface area contributed by atoms with E-state index < -0.39 is 0 Å². The van der Waals surface area contributed by atoms with E-state index in [1.807, 2.05) is 0 Å². The third kappa shape index (κ3) is 4.49. The maximum Gasteiger partial charge on any atom is 0.241 e. The van der Waals surface area contributed by atoms with Gasteiger partial charge in [-0.3, -0.25) is 9.48 Å². The van der Waals surface area contributed by atoms with E-state index in [1.54, 1.807) is 12.3 Å². The number of hydrogen-bond donors (Lipinski definition) is 2. The average molecular weight is 210 g/mol. The fourth-order valence-corrected chi connectivity index (χ4v) is 1.03. The van der Waals surface area contributed by atoms with E-state index in [-0.39, 0.29) is 17.9 Å². The normalized spacial score (nSPS) is 11.4. The molecule has 0 aromatic carbocycles. The molecule has 5 nitrogen and oxygen atoms in total. The Morgan fingerprint density at radius 3 is 2.73 bits per heavy atom. The highest BCUT2D eigenvalue weighted by Crippen LogP contribution is 2.10. The van der Waals surface area contributed by atoms with Crippen LogP contribution in [0.2, 0.25) is 0 Å². The van der Waals surface area contributed by atoms with Crippen molar-refractivity contribution < 1.29 is 4.79 Å². The first kappa shape index (κ1) is 11.6. The van der Waals surface area contributed by atoms with E-state index in [4.69, 9.17) is 5.73 Å². The number of nitrogens with zero attached hydrogens (tertiary/aromatic N) is 2. The lowest BCUT2D eigenvalue weighted by Gasteiger charge is -2.18. The second-order valence-electron chi connectivity index (χ2n) is 4.78. The Labute approximate surface area is 89.6 Å². The van der Waals surface area contributed by atoms with E-state index in [1.165, 1.54) is 4.68 Å². The molecule has 0 aliphatic carbocycles. The molecule has 0 fully saturated rings. The van der Waals surface area contributed by atoms with E-state index in [9.17, 15) is 4.79 Å². The van der Waals surface area contributed by atoms with Crippen LogP contribution in [0.15, 0.2) is 12.3 Å². The fraction of sp³-hybridized carbons (Fsp3) is 0.600. The molecule has 0 atom stereocenters. The Bertz CT molecular complexity index is 337. The average Bonchev–Trinajstić information content (AvgIpc) is 2.47. The van der Waals surface area contributed by atoms with Gasteiger partial charge in [0, 0.05) is 12.7 Å². The summed E-state index contributed by atoms with van der Waals surface area (Å²) in [4.78, 5) is 11.5. The molecule has 0 aliphatic rings. The summed E-state index contributed by atoms with van der Waals surface area (Å²) < 4.78 is 1.52. The van der Waals surface area contributed by atoms with Crippen LogP contribution in [0.3, 0.4) is 0 Å². The lowest BCUT2D eigenvalue weighted by molar-refractivity contribution is -0.122. The van der Waals surface area contributed by atoms with Crippen LogP contribution in [0.1, 0.15) is 20.8 Å². The van der Waals surface area contributed by atoms with E-state index in [0.717, 1.165) is 0 Å². The Morgan fingerprint density at radius 1 is 1.60 bits per heavy atom. The maximum absolute atomic E-state index is 11.5. The molecular formula is C10H18N4O. The third-order valence-corrected chi connectivity index (χ3v) is 1.78. The van der Waals surface area contributed by atoms with Crippen molar-refractivity contribution in [1.82, 2.24) is 15.1 Å². The first-order chi connectivity index (χ1) is 6.87. The van der Waals surface area contributed by atoms with Gasteiger partial charge in [0.1, 0.15) is 12.4 Å². The van der Waals surface area contributed by atoms with Crippen molar-refractivity contribution in [3.8, 4) is 0 Å². The molecule has 1 heterocycles. The molecule has 1 amide bonds. The molecule has 5 heteroatoms. The zero-order valence-corrected chi connectivity index (χ0v) is 9.45. The second-order valence-corrected chi connectivity index (χ2v) is 4.78. The smallest absolute Gasteiger partial charge is 0.241 e. The highest BCUT2D eigenvalue weighted by Gasteiger charge is 2.12. The summed E-state index contributed by atoms with van der Waals surface area (Å²) in [7, 11) is 0. The monoisotopic (exact) mass is 210 g/mol. The number of amides is 1. The number of nitrogens with two attached hydrogens (primary N) is 1. The van der Waals surface area contributed by atoms with Gasteiger partial charge in [0.25, 0.3) is 0 Å². The number of rotatable bonds is 3. The van der Waals surface area contributed by atoms with E-state index in [0.29, 0.717) is 12.4 Å². The van der Waals surface area contributed by atoms with Gasteiger partial charge in [-0.1, -0.05) is 20.8 Å². The summed E-state index contributed by atoms with van der Waals surface area (Å²) >= 11 is 0. The first-order valence-electron chi connectivity index (χ1n) is 4.92. The summed E-state index contributed by atoms with van der Waals surface area (Å²) in [5.41, 5.74) is 5.53. The predicted octanol–water partition coefficient (Wildman–Crippen LogP) is 0.628. The quantitative estimate of drug-likeness (QED) is 0.768. The molecule has 1 rings (SSSR count). The van der Waals surface area contributed by atoms with Gasteiger partial charge < -0.3 is 11.1 Å². The molecule has 0 saturated carbocycles. The van der Waals surface area contributed by atoms with Crippen LogP contribution in [0.25, 0.3) is 0 Å². The molecule has 84 valence electrons. The van der Waals surface area contributed by atoms with Gasteiger partial charge in [-0.15, -0.1) is 0 Å². The van der Waals surface area contributed by atoms with Crippen LogP contribution in [-0.4, -0.2) is 22.2 Å². The van der Waals surface area contributed by atoms with Crippen LogP contribution in [-0.2, 0) is 11.3 Å². The molecular weight excluding hydrogens is 192 g/mol. The molecule has 15 heavy (non-hydrogen) atoms.